The Bertz CT molecular complexity index is 512. The van der Waals surface area contributed by atoms with E-state index in [1.54, 1.807) is 26.8 Å². The molecule has 22 heavy (non-hydrogen) atoms. The molecule has 1 fully saturated rings. The van der Waals surface area contributed by atoms with Crippen LogP contribution in [0.4, 0.5) is 13.2 Å². The summed E-state index contributed by atoms with van der Waals surface area (Å²) in [5.74, 6) is 0.200. The molecule has 1 aliphatic carbocycles. The molecule has 124 valence electrons. The standard InChI is InChI=1S/C15H20F3NO2S/c1-14(2,3)22(20)19-13(15(16,17)18)11-6-4-5-7-12(11)21-10-8-9-10/h4-7,10,13,19H,8-9H2,1-3H3. The van der Waals surface area contributed by atoms with Crippen molar-refractivity contribution in [2.45, 2.75) is 56.7 Å². The fourth-order valence-corrected chi connectivity index (χ4v) is 2.61. The van der Waals surface area contributed by atoms with E-state index in [0.29, 0.717) is 0 Å². The molecule has 1 N–H and O–H groups in total. The molecule has 1 saturated carbocycles. The van der Waals surface area contributed by atoms with Gasteiger partial charge in [-0.2, -0.15) is 13.2 Å². The molecule has 0 aromatic heterocycles. The number of rotatable bonds is 5. The van der Waals surface area contributed by atoms with E-state index in [4.69, 9.17) is 4.74 Å². The van der Waals surface area contributed by atoms with Gasteiger partial charge in [-0.05, 0) is 39.7 Å². The van der Waals surface area contributed by atoms with E-state index >= 15 is 0 Å². The van der Waals surface area contributed by atoms with Crippen LogP contribution in [0.3, 0.4) is 0 Å². The minimum absolute atomic E-state index is 0.0110. The van der Waals surface area contributed by atoms with Crippen LogP contribution < -0.4 is 9.46 Å². The van der Waals surface area contributed by atoms with Crippen LogP contribution in [-0.4, -0.2) is 21.6 Å². The molecular formula is C15H20F3NO2S. The highest BCUT2D eigenvalue weighted by Crippen LogP contribution is 2.40. The van der Waals surface area contributed by atoms with Gasteiger partial charge in [-0.3, -0.25) is 0 Å². The molecule has 1 aromatic carbocycles. The number of para-hydroxylation sites is 1. The van der Waals surface area contributed by atoms with Crippen molar-refractivity contribution in [3.63, 3.8) is 0 Å². The number of alkyl halides is 3. The number of halogens is 3. The molecule has 2 rings (SSSR count). The average molecular weight is 335 g/mol. The van der Waals surface area contributed by atoms with Crippen LogP contribution in [0, 0.1) is 0 Å². The van der Waals surface area contributed by atoms with Crippen LogP contribution >= 0.6 is 0 Å². The lowest BCUT2D eigenvalue weighted by Gasteiger charge is -2.29. The van der Waals surface area contributed by atoms with E-state index in [1.165, 1.54) is 18.2 Å². The highest BCUT2D eigenvalue weighted by Gasteiger charge is 2.47. The van der Waals surface area contributed by atoms with Gasteiger partial charge in [0.05, 0.1) is 6.10 Å². The Morgan fingerprint density at radius 1 is 1.23 bits per heavy atom. The summed E-state index contributed by atoms with van der Waals surface area (Å²) >= 11 is -1.85. The second-order valence-electron chi connectivity index (χ2n) is 6.33. The first-order valence-corrected chi connectivity index (χ1v) is 8.24. The van der Waals surface area contributed by atoms with Crippen molar-refractivity contribution >= 4 is 11.4 Å². The fraction of sp³-hybridized carbons (Fsp3) is 0.600. The van der Waals surface area contributed by atoms with Crippen molar-refractivity contribution in [1.82, 2.24) is 4.72 Å². The molecule has 7 heteroatoms. The summed E-state index contributed by atoms with van der Waals surface area (Å²) < 4.78 is 59.4. The first kappa shape index (κ1) is 17.4. The van der Waals surface area contributed by atoms with Crippen molar-refractivity contribution in [3.05, 3.63) is 29.8 Å². The summed E-state index contributed by atoms with van der Waals surface area (Å²) in [6.07, 6.45) is -2.87. The number of benzene rings is 1. The SMILES string of the molecule is CC(C)(C)[S+]([O-])NC(c1ccccc1OC1CC1)C(F)(F)F. The van der Waals surface area contributed by atoms with E-state index in [0.717, 1.165) is 12.8 Å². The first-order chi connectivity index (χ1) is 10.1. The predicted octanol–water partition coefficient (Wildman–Crippen LogP) is 3.88. The topological polar surface area (TPSA) is 44.3 Å². The van der Waals surface area contributed by atoms with Gasteiger partial charge in [-0.1, -0.05) is 18.2 Å². The third-order valence-electron chi connectivity index (χ3n) is 3.16. The normalized spacial score (nSPS) is 18.9. The minimum Gasteiger partial charge on any atom is -0.598 e. The summed E-state index contributed by atoms with van der Waals surface area (Å²) in [6, 6.07) is 4.02. The van der Waals surface area contributed by atoms with Crippen LogP contribution in [-0.2, 0) is 11.4 Å². The molecular weight excluding hydrogens is 315 g/mol. The van der Waals surface area contributed by atoms with Gasteiger partial charge in [-0.15, -0.1) is 4.72 Å². The zero-order valence-corrected chi connectivity index (χ0v) is 13.6. The lowest BCUT2D eigenvalue weighted by Crippen LogP contribution is -2.45. The van der Waals surface area contributed by atoms with Gasteiger partial charge in [0, 0.05) is 16.9 Å². The fourth-order valence-electron chi connectivity index (χ4n) is 1.78. The summed E-state index contributed by atoms with van der Waals surface area (Å²) in [5.41, 5.74) is -0.0282. The Balaban J connectivity index is 2.29. The Hall–Kier alpha value is -0.920. The van der Waals surface area contributed by atoms with Crippen molar-refractivity contribution in [3.8, 4) is 5.75 Å². The summed E-state index contributed by atoms with van der Waals surface area (Å²) in [6.45, 7) is 4.86. The van der Waals surface area contributed by atoms with E-state index in [-0.39, 0.29) is 17.4 Å². The maximum absolute atomic E-state index is 13.4. The lowest BCUT2D eigenvalue weighted by molar-refractivity contribution is -0.153. The maximum Gasteiger partial charge on any atom is 0.412 e. The van der Waals surface area contributed by atoms with E-state index < -0.39 is 28.3 Å². The first-order valence-electron chi connectivity index (χ1n) is 7.09. The molecule has 0 saturated heterocycles. The van der Waals surface area contributed by atoms with Gasteiger partial charge in [0.1, 0.15) is 10.5 Å². The summed E-state index contributed by atoms with van der Waals surface area (Å²) in [4.78, 5) is 0. The Kier molecular flexibility index (Phi) is 4.99. The highest BCUT2D eigenvalue weighted by atomic mass is 32.2. The molecule has 0 aliphatic heterocycles. The summed E-state index contributed by atoms with van der Waals surface area (Å²) in [7, 11) is 0. The zero-order chi connectivity index (χ0) is 16.5. The van der Waals surface area contributed by atoms with Crippen molar-refractivity contribution in [2.24, 2.45) is 0 Å². The monoisotopic (exact) mass is 335 g/mol. The molecule has 1 aliphatic rings. The van der Waals surface area contributed by atoms with Gasteiger partial charge in [0.2, 0.25) is 0 Å². The number of nitrogens with one attached hydrogen (secondary N) is 1. The second kappa shape index (κ2) is 6.29. The van der Waals surface area contributed by atoms with Crippen LogP contribution in [0.2, 0.25) is 0 Å². The van der Waals surface area contributed by atoms with E-state index in [2.05, 4.69) is 4.72 Å². The highest BCUT2D eigenvalue weighted by molar-refractivity contribution is 7.90. The van der Waals surface area contributed by atoms with Gasteiger partial charge in [-0.25, -0.2) is 0 Å². The number of hydrogen-bond donors (Lipinski definition) is 1. The molecule has 2 atom stereocenters. The van der Waals surface area contributed by atoms with Crippen LogP contribution in [0.25, 0.3) is 0 Å². The zero-order valence-electron chi connectivity index (χ0n) is 12.7. The molecule has 0 heterocycles. The average Bonchev–Trinajstić information content (AvgIpc) is 3.18. The number of hydrogen-bond acceptors (Lipinski definition) is 3. The van der Waals surface area contributed by atoms with E-state index in [9.17, 15) is 17.7 Å². The maximum atomic E-state index is 13.4. The third kappa shape index (κ3) is 4.54. The van der Waals surface area contributed by atoms with Gasteiger partial charge < -0.3 is 9.29 Å². The number of ether oxygens (including phenoxy) is 1. The van der Waals surface area contributed by atoms with Crippen LogP contribution in [0.1, 0.15) is 45.2 Å². The van der Waals surface area contributed by atoms with Crippen molar-refractivity contribution in [2.75, 3.05) is 0 Å². The van der Waals surface area contributed by atoms with Crippen LogP contribution in [0.15, 0.2) is 24.3 Å². The Morgan fingerprint density at radius 2 is 1.82 bits per heavy atom. The Morgan fingerprint density at radius 3 is 2.32 bits per heavy atom. The van der Waals surface area contributed by atoms with Crippen molar-refractivity contribution in [1.29, 1.82) is 0 Å². The van der Waals surface area contributed by atoms with Gasteiger partial charge in [0.15, 0.2) is 6.04 Å². The van der Waals surface area contributed by atoms with Crippen molar-refractivity contribution < 1.29 is 22.5 Å². The molecule has 2 unspecified atom stereocenters. The van der Waals surface area contributed by atoms with Gasteiger partial charge in [0.25, 0.3) is 0 Å². The summed E-state index contributed by atoms with van der Waals surface area (Å²) in [5, 5.41) is 0. The lowest BCUT2D eigenvalue weighted by atomic mass is 10.1. The molecule has 0 spiro atoms. The molecule has 1 aromatic rings. The molecule has 3 nitrogen and oxygen atoms in total. The second-order valence-corrected chi connectivity index (χ2v) is 8.33. The molecule has 0 amide bonds. The Labute approximate surface area is 131 Å². The van der Waals surface area contributed by atoms with Crippen LogP contribution in [0.5, 0.6) is 5.75 Å². The molecule has 0 radical (unpaired) electrons. The predicted molar refractivity (Wildman–Crippen MR) is 79.9 cm³/mol. The molecule has 0 bridgehead atoms. The smallest absolute Gasteiger partial charge is 0.412 e. The van der Waals surface area contributed by atoms with E-state index in [1.807, 2.05) is 0 Å². The van der Waals surface area contributed by atoms with Gasteiger partial charge >= 0.3 is 6.18 Å². The quantitative estimate of drug-likeness (QED) is 0.831. The third-order valence-corrected chi connectivity index (χ3v) is 4.72. The largest absolute Gasteiger partial charge is 0.598 e. The minimum atomic E-state index is -4.57.